The minimum Gasteiger partial charge on any atom is -0.379 e. The molecule has 6 nitrogen and oxygen atoms in total. The minimum absolute atomic E-state index is 0.000505. The van der Waals surface area contributed by atoms with Crippen molar-refractivity contribution < 1.29 is 4.74 Å². The van der Waals surface area contributed by atoms with Crippen LogP contribution in [0.4, 0.5) is 0 Å². The van der Waals surface area contributed by atoms with Gasteiger partial charge in [0, 0.05) is 50.0 Å². The van der Waals surface area contributed by atoms with Crippen LogP contribution < -0.4 is 5.32 Å². The number of thiocarbonyl (C=S) groups is 1. The Bertz CT molecular complexity index is 1080. The summed E-state index contributed by atoms with van der Waals surface area (Å²) in [6, 6.07) is 19.1. The van der Waals surface area contributed by atoms with Crippen LogP contribution in [0.3, 0.4) is 0 Å². The summed E-state index contributed by atoms with van der Waals surface area (Å²) in [5.74, 6) is 0. The highest BCUT2D eigenvalue weighted by molar-refractivity contribution is 7.80. The number of morpholine rings is 1. The van der Waals surface area contributed by atoms with Crippen LogP contribution in [0.2, 0.25) is 0 Å². The van der Waals surface area contributed by atoms with E-state index in [0.29, 0.717) is 0 Å². The molecule has 1 N–H and O–H groups in total. The fraction of sp³-hybridized carbons (Fsp3) is 0.385. The van der Waals surface area contributed by atoms with Gasteiger partial charge in [0.25, 0.3) is 0 Å². The number of benzene rings is 1. The lowest BCUT2D eigenvalue weighted by molar-refractivity contribution is 0.0365. The standard InChI is InChI=1S/C26H31N5OS/c1-20-7-4-8-21(19-20)30-13-5-10-23(30)25-24(22-9-2-3-11-27-22)28-26(33)31(25)14-6-12-29-15-17-32-18-16-29/h2-5,7-11,13,19,24-25H,6,12,14-18H2,1H3,(H,28,33). The smallest absolute Gasteiger partial charge is 0.170 e. The van der Waals surface area contributed by atoms with E-state index >= 15 is 0 Å². The SMILES string of the molecule is Cc1cccc(-n2cccc2C2C(c3ccccn3)NC(=S)N2CCCN2CCOCC2)c1. The first-order valence-corrected chi connectivity index (χ1v) is 12.1. The quantitative estimate of drug-likeness (QED) is 0.539. The van der Waals surface area contributed by atoms with Gasteiger partial charge < -0.3 is 19.5 Å². The summed E-state index contributed by atoms with van der Waals surface area (Å²) in [6.07, 6.45) is 5.06. The van der Waals surface area contributed by atoms with Crippen LogP contribution in [0, 0.1) is 6.92 Å². The van der Waals surface area contributed by atoms with Gasteiger partial charge >= 0.3 is 0 Å². The number of hydrogen-bond donors (Lipinski definition) is 1. The van der Waals surface area contributed by atoms with E-state index in [0.717, 1.165) is 56.6 Å². The number of nitrogens with zero attached hydrogens (tertiary/aromatic N) is 4. The largest absolute Gasteiger partial charge is 0.379 e. The van der Waals surface area contributed by atoms with Crippen molar-refractivity contribution in [2.45, 2.75) is 25.4 Å². The Morgan fingerprint density at radius 2 is 1.94 bits per heavy atom. The van der Waals surface area contributed by atoms with Crippen molar-refractivity contribution in [3.05, 3.63) is 83.9 Å². The van der Waals surface area contributed by atoms with Gasteiger partial charge in [-0.2, -0.15) is 0 Å². The Morgan fingerprint density at radius 1 is 1.06 bits per heavy atom. The van der Waals surface area contributed by atoms with E-state index in [1.807, 2.05) is 18.3 Å². The molecule has 172 valence electrons. The Morgan fingerprint density at radius 3 is 2.73 bits per heavy atom. The Labute approximate surface area is 201 Å². The zero-order chi connectivity index (χ0) is 22.6. The molecule has 2 unspecified atom stereocenters. The van der Waals surface area contributed by atoms with Crippen LogP contribution in [-0.2, 0) is 4.74 Å². The molecular formula is C26H31N5OS. The molecule has 0 saturated carbocycles. The molecule has 0 bridgehead atoms. The Balaban J connectivity index is 1.45. The van der Waals surface area contributed by atoms with Crippen LogP contribution >= 0.6 is 12.2 Å². The third kappa shape index (κ3) is 4.81. The first kappa shape index (κ1) is 22.1. The maximum absolute atomic E-state index is 5.86. The van der Waals surface area contributed by atoms with Gasteiger partial charge in [0.1, 0.15) is 0 Å². The number of pyridine rings is 1. The fourth-order valence-electron chi connectivity index (χ4n) is 4.91. The van der Waals surface area contributed by atoms with Crippen molar-refractivity contribution in [3.63, 3.8) is 0 Å². The predicted molar refractivity (Wildman–Crippen MR) is 135 cm³/mol. The highest BCUT2D eigenvalue weighted by atomic mass is 32.1. The average molecular weight is 462 g/mol. The van der Waals surface area contributed by atoms with Crippen molar-refractivity contribution in [3.8, 4) is 5.69 Å². The molecule has 2 aliphatic heterocycles. The van der Waals surface area contributed by atoms with Gasteiger partial charge in [0.2, 0.25) is 0 Å². The molecule has 4 heterocycles. The highest BCUT2D eigenvalue weighted by Crippen LogP contribution is 2.39. The maximum Gasteiger partial charge on any atom is 0.170 e. The molecule has 0 amide bonds. The fourth-order valence-corrected chi connectivity index (χ4v) is 5.24. The summed E-state index contributed by atoms with van der Waals surface area (Å²) >= 11 is 5.86. The predicted octanol–water partition coefficient (Wildman–Crippen LogP) is 3.88. The van der Waals surface area contributed by atoms with Gasteiger partial charge in [-0.1, -0.05) is 18.2 Å². The Kier molecular flexibility index (Phi) is 6.71. The van der Waals surface area contributed by atoms with Gasteiger partial charge in [-0.15, -0.1) is 0 Å². The summed E-state index contributed by atoms with van der Waals surface area (Å²) in [4.78, 5) is 9.52. The first-order chi connectivity index (χ1) is 16.2. The van der Waals surface area contributed by atoms with E-state index in [1.54, 1.807) is 0 Å². The summed E-state index contributed by atoms with van der Waals surface area (Å²) in [6.45, 7) is 7.78. The third-order valence-corrected chi connectivity index (χ3v) is 6.89. The van der Waals surface area contributed by atoms with E-state index in [9.17, 15) is 0 Å². The van der Waals surface area contributed by atoms with Crippen LogP contribution in [-0.4, -0.2) is 63.9 Å². The maximum atomic E-state index is 5.86. The van der Waals surface area contributed by atoms with Crippen molar-refractivity contribution in [2.24, 2.45) is 0 Å². The highest BCUT2D eigenvalue weighted by Gasteiger charge is 2.41. The number of nitrogens with one attached hydrogen (secondary N) is 1. The molecule has 0 spiro atoms. The van der Waals surface area contributed by atoms with Gasteiger partial charge in [-0.3, -0.25) is 9.88 Å². The summed E-state index contributed by atoms with van der Waals surface area (Å²) < 4.78 is 7.79. The van der Waals surface area contributed by atoms with Crippen LogP contribution in [0.15, 0.2) is 67.0 Å². The normalized spacial score (nSPS) is 21.4. The summed E-state index contributed by atoms with van der Waals surface area (Å²) in [5.41, 5.74) is 4.64. The molecule has 5 rings (SSSR count). The summed E-state index contributed by atoms with van der Waals surface area (Å²) in [7, 11) is 0. The second-order valence-corrected chi connectivity index (χ2v) is 9.16. The molecule has 2 fully saturated rings. The van der Waals surface area contributed by atoms with Crippen LogP contribution in [0.1, 0.15) is 35.5 Å². The third-order valence-electron chi connectivity index (χ3n) is 6.54. The van der Waals surface area contributed by atoms with Gasteiger partial charge in [0.15, 0.2) is 5.11 Å². The van der Waals surface area contributed by atoms with Crippen molar-refractivity contribution in [2.75, 3.05) is 39.4 Å². The average Bonchev–Trinajstić information content (AvgIpc) is 3.45. The molecule has 0 radical (unpaired) electrons. The second kappa shape index (κ2) is 10.0. The minimum atomic E-state index is 0.000505. The molecule has 0 aliphatic carbocycles. The van der Waals surface area contributed by atoms with Gasteiger partial charge in [0.05, 0.1) is 31.0 Å². The van der Waals surface area contributed by atoms with Crippen LogP contribution in [0.25, 0.3) is 5.69 Å². The van der Waals surface area contributed by atoms with E-state index in [-0.39, 0.29) is 12.1 Å². The molecule has 2 aliphatic rings. The molecule has 2 saturated heterocycles. The molecule has 2 aromatic heterocycles. The van der Waals surface area contributed by atoms with Gasteiger partial charge in [-0.25, -0.2) is 0 Å². The molecule has 33 heavy (non-hydrogen) atoms. The lowest BCUT2D eigenvalue weighted by atomic mass is 10.0. The monoisotopic (exact) mass is 461 g/mol. The van der Waals surface area contributed by atoms with Crippen molar-refractivity contribution >= 4 is 17.3 Å². The van der Waals surface area contributed by atoms with Crippen molar-refractivity contribution in [1.82, 2.24) is 24.7 Å². The topological polar surface area (TPSA) is 45.6 Å². The first-order valence-electron chi connectivity index (χ1n) is 11.7. The van der Waals surface area contributed by atoms with E-state index in [1.165, 1.54) is 16.9 Å². The molecule has 1 aromatic carbocycles. The molecule has 3 aromatic rings. The number of ether oxygens (including phenoxy) is 1. The summed E-state index contributed by atoms with van der Waals surface area (Å²) in [5, 5.41) is 4.39. The van der Waals surface area contributed by atoms with E-state index in [4.69, 9.17) is 17.0 Å². The number of aryl methyl sites for hydroxylation is 1. The van der Waals surface area contributed by atoms with E-state index in [2.05, 4.69) is 80.3 Å². The molecular weight excluding hydrogens is 430 g/mol. The lowest BCUT2D eigenvalue weighted by Crippen LogP contribution is -2.39. The van der Waals surface area contributed by atoms with E-state index < -0.39 is 0 Å². The zero-order valence-corrected chi connectivity index (χ0v) is 19.9. The second-order valence-electron chi connectivity index (χ2n) is 8.77. The molecule has 2 atom stereocenters. The zero-order valence-electron chi connectivity index (χ0n) is 19.1. The number of hydrogen-bond acceptors (Lipinski definition) is 4. The van der Waals surface area contributed by atoms with Crippen molar-refractivity contribution in [1.29, 1.82) is 0 Å². The number of rotatable bonds is 7. The molecule has 7 heteroatoms. The van der Waals surface area contributed by atoms with Gasteiger partial charge in [-0.05, 0) is 67.5 Å². The number of aromatic nitrogens is 2. The Hall–Kier alpha value is -2.74. The lowest BCUT2D eigenvalue weighted by Gasteiger charge is -2.31. The van der Waals surface area contributed by atoms with Crippen LogP contribution in [0.5, 0.6) is 0 Å².